The largest absolute Gasteiger partial charge is 0.376 e. The van der Waals surface area contributed by atoms with E-state index in [2.05, 4.69) is 66.3 Å². The molecule has 6 heteroatoms. The van der Waals surface area contributed by atoms with Crippen LogP contribution in [0.3, 0.4) is 0 Å². The second-order valence-corrected chi connectivity index (χ2v) is 11.4. The van der Waals surface area contributed by atoms with Gasteiger partial charge in [0.15, 0.2) is 0 Å². The fraction of sp³-hybridized carbons (Fsp3) is 0.556. The third-order valence-corrected chi connectivity index (χ3v) is 8.18. The highest BCUT2D eigenvalue weighted by Crippen LogP contribution is 2.43. The summed E-state index contributed by atoms with van der Waals surface area (Å²) < 4.78 is 6.01. The summed E-state index contributed by atoms with van der Waals surface area (Å²) in [5.41, 5.74) is 0.873. The predicted octanol–water partition coefficient (Wildman–Crippen LogP) is 4.75. The van der Waals surface area contributed by atoms with Gasteiger partial charge in [0, 0.05) is 48.2 Å². The van der Waals surface area contributed by atoms with Gasteiger partial charge in [-0.2, -0.15) is 0 Å². The molecule has 2 N–H and O–H groups in total. The summed E-state index contributed by atoms with van der Waals surface area (Å²) in [6.07, 6.45) is 6.05. The first kappa shape index (κ1) is 24.0. The van der Waals surface area contributed by atoms with Crippen LogP contribution < -0.4 is 10.6 Å². The number of nitrogens with one attached hydrogen (secondary N) is 2. The number of hydrogen-bond donors (Lipinski definition) is 2. The van der Waals surface area contributed by atoms with E-state index in [0.29, 0.717) is 25.8 Å². The maximum Gasteiger partial charge on any atom is 0.220 e. The Bertz CT molecular complexity index is 944. The van der Waals surface area contributed by atoms with Crippen molar-refractivity contribution in [1.29, 1.82) is 0 Å². The molecule has 4 rings (SSSR count). The number of rotatable bonds is 9. The summed E-state index contributed by atoms with van der Waals surface area (Å²) in [7, 11) is 0. The van der Waals surface area contributed by atoms with Crippen LogP contribution in [0, 0.1) is 0 Å². The van der Waals surface area contributed by atoms with Crippen LogP contribution in [-0.4, -0.2) is 36.1 Å². The normalized spacial score (nSPS) is 26.7. The Morgan fingerprint density at radius 1 is 1.12 bits per heavy atom. The van der Waals surface area contributed by atoms with Crippen LogP contribution >= 0.6 is 11.3 Å². The molecule has 3 heterocycles. The molecule has 0 spiro atoms. The number of ether oxygens (including phenoxy) is 1. The Morgan fingerprint density at radius 3 is 2.61 bits per heavy atom. The Balaban J connectivity index is 1.34. The molecule has 1 aromatic heterocycles. The van der Waals surface area contributed by atoms with Gasteiger partial charge < -0.3 is 15.4 Å². The Kier molecular flexibility index (Phi) is 7.25. The predicted molar refractivity (Wildman–Crippen MR) is 132 cm³/mol. The van der Waals surface area contributed by atoms with E-state index in [1.807, 2.05) is 6.07 Å². The minimum absolute atomic E-state index is 0.0100. The van der Waals surface area contributed by atoms with E-state index in [-0.39, 0.29) is 28.4 Å². The van der Waals surface area contributed by atoms with Crippen molar-refractivity contribution < 1.29 is 14.3 Å². The summed E-state index contributed by atoms with van der Waals surface area (Å²) in [5.74, 6) is 0.162. The third kappa shape index (κ3) is 6.04. The summed E-state index contributed by atoms with van der Waals surface area (Å²) in [6, 6.07) is 14.8. The first-order valence-electron chi connectivity index (χ1n) is 12.1. The lowest BCUT2D eigenvalue weighted by Gasteiger charge is -2.45. The molecule has 2 aliphatic heterocycles. The summed E-state index contributed by atoms with van der Waals surface area (Å²) in [4.78, 5) is 26.0. The zero-order chi connectivity index (χ0) is 23.4. The van der Waals surface area contributed by atoms with E-state index >= 15 is 0 Å². The Morgan fingerprint density at radius 2 is 1.94 bits per heavy atom. The van der Waals surface area contributed by atoms with Crippen molar-refractivity contribution in [3.05, 3.63) is 58.3 Å². The van der Waals surface area contributed by atoms with Crippen LogP contribution in [0.2, 0.25) is 0 Å². The lowest BCUT2D eigenvalue weighted by Crippen LogP contribution is -2.46. The molecule has 0 radical (unpaired) electrons. The van der Waals surface area contributed by atoms with Crippen molar-refractivity contribution in [2.45, 2.75) is 81.8 Å². The molecular formula is C27H36N2O3S. The number of hydrogen-bond acceptors (Lipinski definition) is 4. The van der Waals surface area contributed by atoms with E-state index in [1.165, 1.54) is 10.4 Å². The SMILES string of the molecule is CC1(C)C[C@@](CCNC(=O)CC[C@@]2(Cc3cccs3)CCC(=O)N2)(c2ccccc2)CCO1. The highest BCUT2D eigenvalue weighted by molar-refractivity contribution is 7.09. The summed E-state index contributed by atoms with van der Waals surface area (Å²) >= 11 is 1.71. The lowest BCUT2D eigenvalue weighted by atomic mass is 9.67. The monoisotopic (exact) mass is 468 g/mol. The molecule has 0 unspecified atom stereocenters. The van der Waals surface area contributed by atoms with Crippen LogP contribution in [0.1, 0.15) is 69.2 Å². The minimum atomic E-state index is -0.296. The van der Waals surface area contributed by atoms with E-state index in [0.717, 1.165) is 38.7 Å². The molecule has 2 saturated heterocycles. The summed E-state index contributed by atoms with van der Waals surface area (Å²) in [6.45, 7) is 5.70. The van der Waals surface area contributed by atoms with Crippen molar-refractivity contribution >= 4 is 23.2 Å². The molecule has 0 saturated carbocycles. The van der Waals surface area contributed by atoms with Crippen LogP contribution in [0.5, 0.6) is 0 Å². The molecule has 33 heavy (non-hydrogen) atoms. The number of thiophene rings is 1. The standard InChI is InChI=1S/C27H36N2O3S/c1-25(2)20-26(15-17-32-25,21-7-4-3-5-8-21)14-16-28-23(30)10-12-27(13-11-24(31)29-27)19-22-9-6-18-33-22/h3-9,18H,10-17,19-20H2,1-2H3,(H,28,30)(H,29,31)/t26-,27-/m0/s1. The van der Waals surface area contributed by atoms with Crippen molar-refractivity contribution in [3.63, 3.8) is 0 Å². The number of benzene rings is 1. The van der Waals surface area contributed by atoms with Gasteiger partial charge in [0.1, 0.15) is 0 Å². The highest BCUT2D eigenvalue weighted by Gasteiger charge is 2.42. The number of amides is 2. The van der Waals surface area contributed by atoms with Gasteiger partial charge in [0.25, 0.3) is 0 Å². The Labute approximate surface area is 201 Å². The van der Waals surface area contributed by atoms with Crippen molar-refractivity contribution in [1.82, 2.24) is 10.6 Å². The molecular weight excluding hydrogens is 432 g/mol. The lowest BCUT2D eigenvalue weighted by molar-refractivity contribution is -0.123. The van der Waals surface area contributed by atoms with Gasteiger partial charge in [0.2, 0.25) is 11.8 Å². The van der Waals surface area contributed by atoms with Crippen molar-refractivity contribution in [3.8, 4) is 0 Å². The van der Waals surface area contributed by atoms with E-state index in [4.69, 9.17) is 4.74 Å². The third-order valence-electron chi connectivity index (χ3n) is 7.31. The quantitative estimate of drug-likeness (QED) is 0.558. The van der Waals surface area contributed by atoms with Crippen molar-refractivity contribution in [2.24, 2.45) is 0 Å². The molecule has 0 aliphatic carbocycles. The molecule has 178 valence electrons. The second kappa shape index (κ2) is 9.98. The molecule has 2 aromatic rings. The molecule has 1 aromatic carbocycles. The maximum absolute atomic E-state index is 12.8. The van der Waals surface area contributed by atoms with Crippen LogP contribution in [0.25, 0.3) is 0 Å². The van der Waals surface area contributed by atoms with Crippen LogP contribution in [0.15, 0.2) is 47.8 Å². The molecule has 2 atom stereocenters. The van der Waals surface area contributed by atoms with Crippen molar-refractivity contribution in [2.75, 3.05) is 13.2 Å². The second-order valence-electron chi connectivity index (χ2n) is 10.4. The zero-order valence-corrected chi connectivity index (χ0v) is 20.6. The fourth-order valence-electron chi connectivity index (χ4n) is 5.68. The topological polar surface area (TPSA) is 67.4 Å². The van der Waals surface area contributed by atoms with Gasteiger partial charge in [-0.05, 0) is 63.0 Å². The molecule has 2 fully saturated rings. The zero-order valence-electron chi connectivity index (χ0n) is 19.8. The number of carbonyl (C=O) groups is 2. The van der Waals surface area contributed by atoms with E-state index < -0.39 is 0 Å². The first-order valence-corrected chi connectivity index (χ1v) is 13.0. The molecule has 2 amide bonds. The molecule has 0 bridgehead atoms. The van der Waals surface area contributed by atoms with Gasteiger partial charge in [0.05, 0.1) is 5.60 Å². The van der Waals surface area contributed by atoms with E-state index in [1.54, 1.807) is 11.3 Å². The maximum atomic E-state index is 12.8. The molecule has 2 aliphatic rings. The summed E-state index contributed by atoms with van der Waals surface area (Å²) in [5, 5.41) is 8.41. The Hall–Kier alpha value is -2.18. The average Bonchev–Trinajstić information content (AvgIpc) is 3.42. The van der Waals surface area contributed by atoms with Gasteiger partial charge >= 0.3 is 0 Å². The van der Waals surface area contributed by atoms with E-state index in [9.17, 15) is 9.59 Å². The van der Waals surface area contributed by atoms with Crippen LogP contribution in [0.4, 0.5) is 0 Å². The van der Waals surface area contributed by atoms with Gasteiger partial charge in [-0.1, -0.05) is 36.4 Å². The minimum Gasteiger partial charge on any atom is -0.376 e. The van der Waals surface area contributed by atoms with Gasteiger partial charge in [-0.25, -0.2) is 0 Å². The highest BCUT2D eigenvalue weighted by atomic mass is 32.1. The van der Waals surface area contributed by atoms with Crippen LogP contribution in [-0.2, 0) is 26.2 Å². The smallest absolute Gasteiger partial charge is 0.220 e. The number of carbonyl (C=O) groups excluding carboxylic acids is 2. The van der Waals surface area contributed by atoms with Gasteiger partial charge in [-0.3, -0.25) is 9.59 Å². The fourth-order valence-corrected chi connectivity index (χ4v) is 6.53. The first-order chi connectivity index (χ1) is 15.8. The average molecular weight is 469 g/mol. The molecule has 5 nitrogen and oxygen atoms in total. The van der Waals surface area contributed by atoms with Gasteiger partial charge in [-0.15, -0.1) is 11.3 Å².